The summed E-state index contributed by atoms with van der Waals surface area (Å²) >= 11 is 0. The first-order valence-electron chi connectivity index (χ1n) is 9.85. The van der Waals surface area contributed by atoms with Gasteiger partial charge >= 0.3 is 0 Å². The number of amides is 1. The SMILES string of the molecule is CCOc1ccc(S(=O)(=O)Nc2ccc(C(=O)N/N=C(\C)c3ccc(N)cc3)cc2)cc1. The zero-order chi connectivity index (χ0) is 23.1. The van der Waals surface area contributed by atoms with Crippen LogP contribution in [-0.4, -0.2) is 26.6 Å². The summed E-state index contributed by atoms with van der Waals surface area (Å²) in [6.07, 6.45) is 0. The summed E-state index contributed by atoms with van der Waals surface area (Å²) in [5, 5.41) is 4.10. The highest BCUT2D eigenvalue weighted by molar-refractivity contribution is 7.92. The van der Waals surface area contributed by atoms with E-state index in [0.717, 1.165) is 5.56 Å². The first-order valence-corrected chi connectivity index (χ1v) is 11.3. The van der Waals surface area contributed by atoms with Crippen LogP contribution in [-0.2, 0) is 10.0 Å². The minimum atomic E-state index is -3.77. The molecule has 0 bridgehead atoms. The van der Waals surface area contributed by atoms with Crippen LogP contribution >= 0.6 is 0 Å². The molecule has 9 heteroatoms. The maximum Gasteiger partial charge on any atom is 0.271 e. The maximum absolute atomic E-state index is 12.6. The van der Waals surface area contributed by atoms with E-state index in [1.54, 1.807) is 31.2 Å². The Hall–Kier alpha value is -3.85. The van der Waals surface area contributed by atoms with Crippen LogP contribution in [0.4, 0.5) is 11.4 Å². The summed E-state index contributed by atoms with van der Waals surface area (Å²) in [4.78, 5) is 12.5. The average molecular weight is 453 g/mol. The zero-order valence-electron chi connectivity index (χ0n) is 17.7. The van der Waals surface area contributed by atoms with Crippen LogP contribution < -0.4 is 20.6 Å². The Morgan fingerprint density at radius 2 is 1.53 bits per heavy atom. The summed E-state index contributed by atoms with van der Waals surface area (Å²) in [5.74, 6) is 0.178. The molecule has 3 aromatic carbocycles. The Morgan fingerprint density at radius 3 is 2.12 bits per heavy atom. The van der Waals surface area contributed by atoms with Gasteiger partial charge in [0.05, 0.1) is 17.2 Å². The van der Waals surface area contributed by atoms with Crippen molar-refractivity contribution in [3.63, 3.8) is 0 Å². The monoisotopic (exact) mass is 452 g/mol. The number of nitrogens with zero attached hydrogens (tertiary/aromatic N) is 1. The van der Waals surface area contributed by atoms with Gasteiger partial charge in [0.1, 0.15) is 5.75 Å². The molecule has 4 N–H and O–H groups in total. The highest BCUT2D eigenvalue weighted by Crippen LogP contribution is 2.20. The van der Waals surface area contributed by atoms with Gasteiger partial charge in [0.25, 0.3) is 15.9 Å². The van der Waals surface area contributed by atoms with Crippen molar-refractivity contribution in [1.82, 2.24) is 5.43 Å². The van der Waals surface area contributed by atoms with Gasteiger partial charge in [-0.25, -0.2) is 13.8 Å². The highest BCUT2D eigenvalue weighted by atomic mass is 32.2. The van der Waals surface area contributed by atoms with Crippen molar-refractivity contribution < 1.29 is 17.9 Å². The molecule has 0 saturated heterocycles. The Morgan fingerprint density at radius 1 is 0.938 bits per heavy atom. The lowest BCUT2D eigenvalue weighted by Gasteiger charge is -2.10. The number of hydrazone groups is 1. The number of carbonyl (C=O) groups excluding carboxylic acids is 1. The van der Waals surface area contributed by atoms with Crippen molar-refractivity contribution >= 4 is 33.0 Å². The molecule has 1 amide bonds. The third kappa shape index (κ3) is 5.86. The zero-order valence-corrected chi connectivity index (χ0v) is 18.5. The molecule has 0 fully saturated rings. The van der Waals surface area contributed by atoms with Crippen LogP contribution in [0.15, 0.2) is 82.8 Å². The lowest BCUT2D eigenvalue weighted by Crippen LogP contribution is -2.19. The minimum Gasteiger partial charge on any atom is -0.494 e. The van der Waals surface area contributed by atoms with E-state index in [1.807, 2.05) is 19.1 Å². The number of rotatable bonds is 8. The second kappa shape index (κ2) is 9.97. The second-order valence-electron chi connectivity index (χ2n) is 6.85. The number of hydrogen-bond donors (Lipinski definition) is 3. The molecular weight excluding hydrogens is 428 g/mol. The molecule has 0 aliphatic heterocycles. The molecule has 8 nitrogen and oxygen atoms in total. The smallest absolute Gasteiger partial charge is 0.271 e. The van der Waals surface area contributed by atoms with Gasteiger partial charge < -0.3 is 10.5 Å². The Bertz CT molecular complexity index is 1200. The van der Waals surface area contributed by atoms with Crippen LogP contribution in [0.3, 0.4) is 0 Å². The highest BCUT2D eigenvalue weighted by Gasteiger charge is 2.15. The van der Waals surface area contributed by atoms with Crippen molar-refractivity contribution in [1.29, 1.82) is 0 Å². The molecule has 0 aliphatic carbocycles. The molecule has 0 aliphatic rings. The van der Waals surface area contributed by atoms with Crippen LogP contribution in [0.25, 0.3) is 0 Å². The van der Waals surface area contributed by atoms with Gasteiger partial charge in [0.15, 0.2) is 0 Å². The lowest BCUT2D eigenvalue weighted by atomic mass is 10.1. The van der Waals surface area contributed by atoms with E-state index in [0.29, 0.717) is 35.0 Å². The molecule has 0 aromatic heterocycles. The summed E-state index contributed by atoms with van der Waals surface area (Å²) in [7, 11) is -3.77. The molecule has 0 unspecified atom stereocenters. The number of nitrogens with one attached hydrogen (secondary N) is 2. The quantitative estimate of drug-likeness (QED) is 0.274. The van der Waals surface area contributed by atoms with Gasteiger partial charge in [-0.3, -0.25) is 9.52 Å². The first-order chi connectivity index (χ1) is 15.3. The Kier molecular flexibility index (Phi) is 7.11. The van der Waals surface area contributed by atoms with Crippen molar-refractivity contribution in [3.8, 4) is 5.75 Å². The van der Waals surface area contributed by atoms with Crippen molar-refractivity contribution in [3.05, 3.63) is 83.9 Å². The topological polar surface area (TPSA) is 123 Å². The Balaban J connectivity index is 1.64. The summed E-state index contributed by atoms with van der Waals surface area (Å²) in [5.41, 5.74) is 10.9. The molecular formula is C23H24N4O4S. The average Bonchev–Trinajstić information content (AvgIpc) is 2.78. The standard InChI is InChI=1S/C23H24N4O4S/c1-3-31-21-12-14-22(15-13-21)32(29,30)27-20-10-6-18(7-11-20)23(28)26-25-16(2)17-4-8-19(24)9-5-17/h4-15,27H,3,24H2,1-2H3,(H,26,28)/b25-16+. The summed E-state index contributed by atoms with van der Waals surface area (Å²) in [6, 6.07) is 19.3. The van der Waals surface area contributed by atoms with Crippen LogP contribution in [0.2, 0.25) is 0 Å². The van der Waals surface area contributed by atoms with E-state index in [9.17, 15) is 13.2 Å². The molecule has 0 spiro atoms. The van der Waals surface area contributed by atoms with E-state index in [-0.39, 0.29) is 4.90 Å². The number of nitrogens with two attached hydrogens (primary N) is 1. The molecule has 3 aromatic rings. The number of sulfonamides is 1. The number of anilines is 2. The molecule has 166 valence electrons. The molecule has 0 saturated carbocycles. The number of nitrogen functional groups attached to an aromatic ring is 1. The summed E-state index contributed by atoms with van der Waals surface area (Å²) in [6.45, 7) is 4.12. The molecule has 0 atom stereocenters. The predicted molar refractivity (Wildman–Crippen MR) is 125 cm³/mol. The lowest BCUT2D eigenvalue weighted by molar-refractivity contribution is 0.0955. The van der Waals surface area contributed by atoms with E-state index >= 15 is 0 Å². The molecule has 0 heterocycles. The largest absolute Gasteiger partial charge is 0.494 e. The number of ether oxygens (including phenoxy) is 1. The van der Waals surface area contributed by atoms with E-state index in [2.05, 4.69) is 15.2 Å². The van der Waals surface area contributed by atoms with E-state index in [1.165, 1.54) is 36.4 Å². The van der Waals surface area contributed by atoms with Gasteiger partial charge in [-0.1, -0.05) is 12.1 Å². The third-order valence-corrected chi connectivity index (χ3v) is 5.90. The van der Waals surface area contributed by atoms with Gasteiger partial charge in [0.2, 0.25) is 0 Å². The third-order valence-electron chi connectivity index (χ3n) is 4.50. The fourth-order valence-corrected chi connectivity index (χ4v) is 3.83. The van der Waals surface area contributed by atoms with E-state index < -0.39 is 15.9 Å². The van der Waals surface area contributed by atoms with Crippen LogP contribution in [0, 0.1) is 0 Å². The van der Waals surface area contributed by atoms with Gasteiger partial charge in [-0.2, -0.15) is 5.10 Å². The van der Waals surface area contributed by atoms with Gasteiger partial charge in [0, 0.05) is 16.9 Å². The minimum absolute atomic E-state index is 0.107. The van der Waals surface area contributed by atoms with Gasteiger partial charge in [-0.15, -0.1) is 0 Å². The van der Waals surface area contributed by atoms with Crippen molar-refractivity contribution in [2.45, 2.75) is 18.7 Å². The Labute approximate surface area is 187 Å². The van der Waals surface area contributed by atoms with Gasteiger partial charge in [-0.05, 0) is 80.1 Å². The van der Waals surface area contributed by atoms with E-state index in [4.69, 9.17) is 10.5 Å². The number of hydrogen-bond acceptors (Lipinski definition) is 6. The van der Waals surface area contributed by atoms with Crippen LogP contribution in [0.1, 0.15) is 29.8 Å². The summed E-state index contributed by atoms with van der Waals surface area (Å²) < 4.78 is 32.9. The fraction of sp³-hybridized carbons (Fsp3) is 0.130. The van der Waals surface area contributed by atoms with Crippen molar-refractivity contribution in [2.75, 3.05) is 17.1 Å². The molecule has 3 rings (SSSR count). The number of benzene rings is 3. The fourth-order valence-electron chi connectivity index (χ4n) is 2.77. The number of carbonyl (C=O) groups is 1. The maximum atomic E-state index is 12.6. The van der Waals surface area contributed by atoms with Crippen LogP contribution in [0.5, 0.6) is 5.75 Å². The van der Waals surface area contributed by atoms with Crippen molar-refractivity contribution in [2.24, 2.45) is 5.10 Å². The normalized spacial score (nSPS) is 11.6. The first kappa shape index (κ1) is 22.8. The molecule has 32 heavy (non-hydrogen) atoms. The predicted octanol–water partition coefficient (Wildman–Crippen LogP) is 3.62. The molecule has 0 radical (unpaired) electrons. The second-order valence-corrected chi connectivity index (χ2v) is 8.53.